The van der Waals surface area contributed by atoms with E-state index in [1.54, 1.807) is 32.2 Å². The van der Waals surface area contributed by atoms with Gasteiger partial charge in [0, 0.05) is 34.8 Å². The lowest BCUT2D eigenvalue weighted by Crippen LogP contribution is -2.49. The van der Waals surface area contributed by atoms with Gasteiger partial charge in [0.15, 0.2) is 5.60 Å². The van der Waals surface area contributed by atoms with E-state index < -0.39 is 35.9 Å². The number of nitrogens with zero attached hydrogens (tertiary/aromatic N) is 1. The summed E-state index contributed by atoms with van der Waals surface area (Å²) in [6.07, 6.45) is -3.76. The molecule has 3 nitrogen and oxygen atoms in total. The van der Waals surface area contributed by atoms with E-state index in [1.165, 1.54) is 12.1 Å². The maximum atomic E-state index is 14.2. The molecular weight excluding hydrogens is 434 g/mol. The first kappa shape index (κ1) is 23.5. The highest BCUT2D eigenvalue weighted by atomic mass is 19.4. The second kappa shape index (κ2) is 8.28. The maximum Gasteiger partial charge on any atom is 0.417 e. The summed E-state index contributed by atoms with van der Waals surface area (Å²) in [5, 5.41) is 12.6. The molecule has 1 aromatic heterocycles. The SMILES string of the molecule is Cc1cc2c(CC[C@](O)(CC(C)(C)c3cc(F)cc4c3OCC4)C(F)(F)F)cccc2cn1. The van der Waals surface area contributed by atoms with Crippen LogP contribution in [0.15, 0.2) is 42.6 Å². The zero-order valence-electron chi connectivity index (χ0n) is 18.9. The molecule has 0 radical (unpaired) electrons. The van der Waals surface area contributed by atoms with Gasteiger partial charge in [-0.3, -0.25) is 4.98 Å². The van der Waals surface area contributed by atoms with Gasteiger partial charge in [-0.15, -0.1) is 0 Å². The third-order valence-corrected chi connectivity index (χ3v) is 6.54. The highest BCUT2D eigenvalue weighted by molar-refractivity contribution is 5.85. The first-order valence-electron chi connectivity index (χ1n) is 11.0. The molecule has 2 aromatic carbocycles. The standard InChI is InChI=1S/C26H27F4NO2/c1-16-11-21-17(5-4-6-19(21)14-31-16)7-9-25(32,26(28,29)30)15-24(2,3)22-13-20(27)12-18-8-10-33-23(18)22/h4-6,11-14,32H,7-10,15H2,1-3H3/t25-/m0/s1. The van der Waals surface area contributed by atoms with Crippen LogP contribution in [-0.4, -0.2) is 28.5 Å². The van der Waals surface area contributed by atoms with Gasteiger partial charge < -0.3 is 9.84 Å². The average molecular weight is 461 g/mol. The number of pyridine rings is 1. The molecule has 1 aliphatic rings. The Hall–Kier alpha value is -2.67. The molecule has 176 valence electrons. The monoisotopic (exact) mass is 461 g/mol. The minimum atomic E-state index is -4.86. The van der Waals surface area contributed by atoms with Crippen LogP contribution in [0.5, 0.6) is 5.75 Å². The number of hydrogen-bond acceptors (Lipinski definition) is 3. The molecule has 0 amide bonds. The number of hydrogen-bond donors (Lipinski definition) is 1. The minimum Gasteiger partial charge on any atom is -0.493 e. The van der Waals surface area contributed by atoms with Crippen LogP contribution in [0.1, 0.15) is 49.1 Å². The van der Waals surface area contributed by atoms with Crippen LogP contribution in [0.2, 0.25) is 0 Å². The Kier molecular flexibility index (Phi) is 5.89. The Morgan fingerprint density at radius 3 is 2.61 bits per heavy atom. The van der Waals surface area contributed by atoms with E-state index in [1.807, 2.05) is 19.1 Å². The average Bonchev–Trinajstić information content (AvgIpc) is 3.18. The van der Waals surface area contributed by atoms with E-state index >= 15 is 0 Å². The van der Waals surface area contributed by atoms with Crippen LogP contribution in [0.4, 0.5) is 17.6 Å². The smallest absolute Gasteiger partial charge is 0.417 e. The lowest BCUT2D eigenvalue weighted by Gasteiger charge is -2.38. The zero-order chi connectivity index (χ0) is 24.0. The quantitative estimate of drug-likeness (QED) is 0.444. The summed E-state index contributed by atoms with van der Waals surface area (Å²) in [6.45, 7) is 5.37. The number of aryl methyl sites for hydroxylation is 2. The lowest BCUT2D eigenvalue weighted by molar-refractivity contribution is -0.269. The molecule has 3 aromatic rings. The molecular formula is C26H27F4NO2. The maximum absolute atomic E-state index is 14.2. The molecule has 0 spiro atoms. The van der Waals surface area contributed by atoms with E-state index in [4.69, 9.17) is 4.74 Å². The van der Waals surface area contributed by atoms with Crippen molar-refractivity contribution in [1.29, 1.82) is 0 Å². The van der Waals surface area contributed by atoms with Crippen molar-refractivity contribution in [2.24, 2.45) is 0 Å². The van der Waals surface area contributed by atoms with E-state index in [2.05, 4.69) is 4.98 Å². The van der Waals surface area contributed by atoms with Crippen LogP contribution in [0.25, 0.3) is 10.8 Å². The molecule has 1 aliphatic heterocycles. The third-order valence-electron chi connectivity index (χ3n) is 6.54. The van der Waals surface area contributed by atoms with Gasteiger partial charge in [-0.1, -0.05) is 32.0 Å². The Morgan fingerprint density at radius 2 is 1.88 bits per heavy atom. The number of alkyl halides is 3. The molecule has 33 heavy (non-hydrogen) atoms. The molecule has 0 aliphatic carbocycles. The zero-order valence-corrected chi connectivity index (χ0v) is 18.9. The predicted molar refractivity (Wildman–Crippen MR) is 119 cm³/mol. The van der Waals surface area contributed by atoms with Crippen molar-refractivity contribution in [3.63, 3.8) is 0 Å². The van der Waals surface area contributed by atoms with Gasteiger partial charge in [0.25, 0.3) is 0 Å². The van der Waals surface area contributed by atoms with Crippen LogP contribution < -0.4 is 4.74 Å². The Balaban J connectivity index is 1.66. The summed E-state index contributed by atoms with van der Waals surface area (Å²) < 4.78 is 62.5. The van der Waals surface area contributed by atoms with Crippen LogP contribution in [-0.2, 0) is 18.3 Å². The molecule has 0 saturated heterocycles. The second-order valence-electron chi connectivity index (χ2n) is 9.59. The van der Waals surface area contributed by atoms with Crippen molar-refractivity contribution < 1.29 is 27.4 Å². The summed E-state index contributed by atoms with van der Waals surface area (Å²) in [7, 11) is 0. The number of fused-ring (bicyclic) bond motifs is 2. The number of benzene rings is 2. The van der Waals surface area contributed by atoms with Gasteiger partial charge in [-0.25, -0.2) is 4.39 Å². The largest absolute Gasteiger partial charge is 0.493 e. The molecule has 7 heteroatoms. The van der Waals surface area contributed by atoms with Gasteiger partial charge in [-0.2, -0.15) is 13.2 Å². The Bertz CT molecular complexity index is 1190. The summed E-state index contributed by atoms with van der Waals surface area (Å²) in [6, 6.07) is 9.83. The summed E-state index contributed by atoms with van der Waals surface area (Å²) in [4.78, 5) is 4.24. The predicted octanol–water partition coefficient (Wildman–Crippen LogP) is 6.21. The van der Waals surface area contributed by atoms with Crippen molar-refractivity contribution in [3.05, 3.63) is 70.8 Å². The van der Waals surface area contributed by atoms with Crippen molar-refractivity contribution in [2.45, 2.75) is 63.6 Å². The molecule has 0 saturated carbocycles. The lowest BCUT2D eigenvalue weighted by atomic mass is 9.72. The van der Waals surface area contributed by atoms with E-state index in [-0.39, 0.29) is 6.42 Å². The number of rotatable bonds is 6. The summed E-state index contributed by atoms with van der Waals surface area (Å²) >= 11 is 0. The van der Waals surface area contributed by atoms with Crippen LogP contribution in [0.3, 0.4) is 0 Å². The Morgan fingerprint density at radius 1 is 1.12 bits per heavy atom. The number of aromatic nitrogens is 1. The van der Waals surface area contributed by atoms with Crippen molar-refractivity contribution in [1.82, 2.24) is 4.98 Å². The van der Waals surface area contributed by atoms with Gasteiger partial charge in [-0.05, 0) is 60.7 Å². The van der Waals surface area contributed by atoms with Crippen LogP contribution in [0, 0.1) is 12.7 Å². The molecule has 4 rings (SSSR count). The van der Waals surface area contributed by atoms with Gasteiger partial charge in [0.2, 0.25) is 0 Å². The van der Waals surface area contributed by atoms with E-state index in [0.717, 1.165) is 16.5 Å². The fourth-order valence-electron chi connectivity index (χ4n) is 4.83. The van der Waals surface area contributed by atoms with Crippen molar-refractivity contribution in [3.8, 4) is 5.75 Å². The number of ether oxygens (including phenoxy) is 1. The normalized spacial score (nSPS) is 15.9. The minimum absolute atomic E-state index is 0.0324. The summed E-state index contributed by atoms with van der Waals surface area (Å²) in [5.74, 6) is -0.0828. The molecule has 0 bridgehead atoms. The molecule has 1 atom stereocenters. The van der Waals surface area contributed by atoms with Gasteiger partial charge >= 0.3 is 6.18 Å². The second-order valence-corrected chi connectivity index (χ2v) is 9.59. The highest BCUT2D eigenvalue weighted by Crippen LogP contribution is 2.47. The van der Waals surface area contributed by atoms with Gasteiger partial charge in [0.05, 0.1) is 6.61 Å². The molecule has 0 unspecified atom stereocenters. The third kappa shape index (κ3) is 4.56. The topological polar surface area (TPSA) is 42.4 Å². The van der Waals surface area contributed by atoms with E-state index in [9.17, 15) is 22.7 Å². The van der Waals surface area contributed by atoms with Gasteiger partial charge in [0.1, 0.15) is 11.6 Å². The molecule has 0 fully saturated rings. The number of aliphatic hydroxyl groups is 1. The molecule has 1 N–H and O–H groups in total. The van der Waals surface area contributed by atoms with E-state index in [0.29, 0.717) is 35.5 Å². The van der Waals surface area contributed by atoms with Crippen LogP contribution >= 0.6 is 0 Å². The highest BCUT2D eigenvalue weighted by Gasteiger charge is 2.55. The van der Waals surface area contributed by atoms with Crippen molar-refractivity contribution >= 4 is 10.8 Å². The Labute approximate surface area is 190 Å². The van der Waals surface area contributed by atoms with Crippen molar-refractivity contribution in [2.75, 3.05) is 6.61 Å². The first-order chi connectivity index (χ1) is 15.4. The fourth-order valence-corrected chi connectivity index (χ4v) is 4.83. The fraction of sp³-hybridized carbons (Fsp3) is 0.423. The first-order valence-corrected chi connectivity index (χ1v) is 11.0. The summed E-state index contributed by atoms with van der Waals surface area (Å²) in [5.41, 5.74) is -1.66. The number of halogens is 4. The molecule has 2 heterocycles.